The first kappa shape index (κ1) is 20.4. The SMILES string of the molecule is CCNC(=O)CSc1nc2cc(Cl)ccc2c(=O)n1-c1ccccc1C(C)C. The highest BCUT2D eigenvalue weighted by molar-refractivity contribution is 7.99. The molecule has 0 spiro atoms. The van der Waals surface area contributed by atoms with Crippen LogP contribution in [0.4, 0.5) is 0 Å². The smallest absolute Gasteiger partial charge is 0.266 e. The van der Waals surface area contributed by atoms with Gasteiger partial charge >= 0.3 is 0 Å². The van der Waals surface area contributed by atoms with Crippen molar-refractivity contribution in [2.24, 2.45) is 0 Å². The Morgan fingerprint density at radius 3 is 2.71 bits per heavy atom. The lowest BCUT2D eigenvalue weighted by atomic mass is 10.0. The molecule has 1 aromatic heterocycles. The summed E-state index contributed by atoms with van der Waals surface area (Å²) in [4.78, 5) is 30.0. The van der Waals surface area contributed by atoms with E-state index in [2.05, 4.69) is 24.1 Å². The van der Waals surface area contributed by atoms with Gasteiger partial charge < -0.3 is 5.32 Å². The number of carbonyl (C=O) groups excluding carboxylic acids is 1. The fourth-order valence-electron chi connectivity index (χ4n) is 3.01. The zero-order valence-electron chi connectivity index (χ0n) is 16.0. The quantitative estimate of drug-likeness (QED) is 0.479. The van der Waals surface area contributed by atoms with Crippen molar-refractivity contribution < 1.29 is 4.79 Å². The minimum absolute atomic E-state index is 0.100. The van der Waals surface area contributed by atoms with Gasteiger partial charge in [0.15, 0.2) is 5.16 Å². The number of rotatable bonds is 6. The number of hydrogen-bond acceptors (Lipinski definition) is 4. The number of aromatic nitrogens is 2. The predicted octanol–water partition coefficient (Wildman–Crippen LogP) is 4.39. The Morgan fingerprint density at radius 1 is 1.25 bits per heavy atom. The lowest BCUT2D eigenvalue weighted by molar-refractivity contribution is -0.118. The summed E-state index contributed by atoms with van der Waals surface area (Å²) in [5, 5.41) is 4.25. The van der Waals surface area contributed by atoms with Gasteiger partial charge in [-0.25, -0.2) is 4.98 Å². The highest BCUT2D eigenvalue weighted by Gasteiger charge is 2.18. The standard InChI is InChI=1S/C21H22ClN3O2S/c1-4-23-19(26)12-28-21-24-17-11-14(22)9-10-16(17)20(27)25(21)18-8-6-5-7-15(18)13(2)3/h5-11,13H,4,12H2,1-3H3,(H,23,26). The lowest BCUT2D eigenvalue weighted by Crippen LogP contribution is -2.26. The third-order valence-corrected chi connectivity index (χ3v) is 5.48. The topological polar surface area (TPSA) is 64.0 Å². The van der Waals surface area contributed by atoms with E-state index in [1.165, 1.54) is 11.8 Å². The second kappa shape index (κ2) is 8.80. The molecule has 0 saturated carbocycles. The van der Waals surface area contributed by atoms with Crippen LogP contribution in [0.25, 0.3) is 16.6 Å². The molecule has 3 aromatic rings. The van der Waals surface area contributed by atoms with Crippen LogP contribution >= 0.6 is 23.4 Å². The van der Waals surface area contributed by atoms with Crippen molar-refractivity contribution in [1.29, 1.82) is 0 Å². The van der Waals surface area contributed by atoms with Crippen molar-refractivity contribution in [1.82, 2.24) is 14.9 Å². The number of hydrogen-bond donors (Lipinski definition) is 1. The molecule has 28 heavy (non-hydrogen) atoms. The fraction of sp³-hybridized carbons (Fsp3) is 0.286. The third kappa shape index (κ3) is 4.23. The normalized spacial score (nSPS) is 11.2. The van der Waals surface area contributed by atoms with Crippen molar-refractivity contribution in [3.05, 3.63) is 63.4 Å². The van der Waals surface area contributed by atoms with Gasteiger partial charge in [-0.05, 0) is 42.7 Å². The molecule has 0 atom stereocenters. The zero-order chi connectivity index (χ0) is 20.3. The molecule has 0 saturated heterocycles. The van der Waals surface area contributed by atoms with E-state index in [-0.39, 0.29) is 23.1 Å². The van der Waals surface area contributed by atoms with Crippen LogP contribution in [0.1, 0.15) is 32.3 Å². The summed E-state index contributed by atoms with van der Waals surface area (Å²) < 4.78 is 1.61. The first-order valence-electron chi connectivity index (χ1n) is 9.13. The Kier molecular flexibility index (Phi) is 6.42. The summed E-state index contributed by atoms with van der Waals surface area (Å²) in [6.45, 7) is 6.59. The Hall–Kier alpha value is -2.31. The molecule has 2 aromatic carbocycles. The average molecular weight is 416 g/mol. The van der Waals surface area contributed by atoms with Crippen LogP contribution in [-0.2, 0) is 4.79 Å². The van der Waals surface area contributed by atoms with Crippen molar-refractivity contribution in [3.8, 4) is 5.69 Å². The molecule has 0 fully saturated rings. The number of carbonyl (C=O) groups is 1. The molecule has 0 bridgehead atoms. The van der Waals surface area contributed by atoms with Crippen LogP contribution in [0.3, 0.4) is 0 Å². The van der Waals surface area contributed by atoms with Gasteiger partial charge in [0.25, 0.3) is 5.56 Å². The van der Waals surface area contributed by atoms with Gasteiger partial charge in [0, 0.05) is 11.6 Å². The third-order valence-electron chi connectivity index (χ3n) is 4.31. The van der Waals surface area contributed by atoms with E-state index >= 15 is 0 Å². The van der Waals surface area contributed by atoms with Gasteiger partial charge in [-0.1, -0.05) is 55.4 Å². The van der Waals surface area contributed by atoms with E-state index in [9.17, 15) is 9.59 Å². The minimum Gasteiger partial charge on any atom is -0.356 e. The molecular formula is C21H22ClN3O2S. The molecule has 5 nitrogen and oxygen atoms in total. The van der Waals surface area contributed by atoms with Gasteiger partial charge in [0.2, 0.25) is 5.91 Å². The second-order valence-electron chi connectivity index (χ2n) is 6.65. The van der Waals surface area contributed by atoms with E-state index in [1.807, 2.05) is 31.2 Å². The molecule has 146 valence electrons. The molecule has 0 aliphatic heterocycles. The fourth-order valence-corrected chi connectivity index (χ4v) is 4.01. The molecular weight excluding hydrogens is 394 g/mol. The predicted molar refractivity (Wildman–Crippen MR) is 116 cm³/mol. The summed E-state index contributed by atoms with van der Waals surface area (Å²) in [5.41, 5.74) is 2.17. The monoisotopic (exact) mass is 415 g/mol. The lowest BCUT2D eigenvalue weighted by Gasteiger charge is -2.18. The van der Waals surface area contributed by atoms with Gasteiger partial charge in [0.05, 0.1) is 22.3 Å². The van der Waals surface area contributed by atoms with Crippen LogP contribution in [0.15, 0.2) is 52.4 Å². The van der Waals surface area contributed by atoms with Crippen molar-refractivity contribution in [2.75, 3.05) is 12.3 Å². The molecule has 1 N–H and O–H groups in total. The summed E-state index contributed by atoms with van der Waals surface area (Å²) in [6, 6.07) is 12.8. The summed E-state index contributed by atoms with van der Waals surface area (Å²) in [7, 11) is 0. The number of amides is 1. The Bertz CT molecular complexity index is 1080. The molecule has 3 rings (SSSR count). The first-order chi connectivity index (χ1) is 13.4. The van der Waals surface area contributed by atoms with Crippen LogP contribution in [-0.4, -0.2) is 27.8 Å². The van der Waals surface area contributed by atoms with E-state index < -0.39 is 0 Å². The maximum Gasteiger partial charge on any atom is 0.266 e. The second-order valence-corrected chi connectivity index (χ2v) is 8.03. The van der Waals surface area contributed by atoms with Crippen LogP contribution in [0.5, 0.6) is 0 Å². The van der Waals surface area contributed by atoms with E-state index in [0.29, 0.717) is 27.6 Å². The number of para-hydroxylation sites is 1. The molecule has 0 aliphatic carbocycles. The van der Waals surface area contributed by atoms with Gasteiger partial charge in [-0.15, -0.1) is 0 Å². The van der Waals surface area contributed by atoms with E-state index in [0.717, 1.165) is 11.3 Å². The largest absolute Gasteiger partial charge is 0.356 e. The molecule has 7 heteroatoms. The van der Waals surface area contributed by atoms with Gasteiger partial charge in [-0.2, -0.15) is 0 Å². The maximum atomic E-state index is 13.4. The molecule has 0 aliphatic rings. The Morgan fingerprint density at radius 2 is 2.00 bits per heavy atom. The number of nitrogens with one attached hydrogen (secondary N) is 1. The number of benzene rings is 2. The number of nitrogens with zero attached hydrogens (tertiary/aromatic N) is 2. The molecule has 1 amide bonds. The molecule has 1 heterocycles. The van der Waals surface area contributed by atoms with Gasteiger partial charge in [0.1, 0.15) is 0 Å². The van der Waals surface area contributed by atoms with Crippen LogP contribution < -0.4 is 10.9 Å². The minimum atomic E-state index is -0.173. The Balaban J connectivity index is 2.23. The number of thioether (sulfide) groups is 1. The molecule has 0 unspecified atom stereocenters. The van der Waals surface area contributed by atoms with Crippen molar-refractivity contribution >= 4 is 40.2 Å². The van der Waals surface area contributed by atoms with Gasteiger partial charge in [-0.3, -0.25) is 14.2 Å². The highest BCUT2D eigenvalue weighted by Crippen LogP contribution is 2.27. The average Bonchev–Trinajstić information content (AvgIpc) is 2.66. The summed E-state index contributed by atoms with van der Waals surface area (Å²) in [5.74, 6) is 0.304. The van der Waals surface area contributed by atoms with Crippen LogP contribution in [0.2, 0.25) is 5.02 Å². The van der Waals surface area contributed by atoms with Crippen molar-refractivity contribution in [3.63, 3.8) is 0 Å². The van der Waals surface area contributed by atoms with E-state index in [4.69, 9.17) is 11.6 Å². The molecule has 0 radical (unpaired) electrons. The Labute approximate surface area is 173 Å². The summed E-state index contributed by atoms with van der Waals surface area (Å²) >= 11 is 7.34. The number of halogens is 1. The number of fused-ring (bicyclic) bond motifs is 1. The highest BCUT2D eigenvalue weighted by atomic mass is 35.5. The van der Waals surface area contributed by atoms with E-state index in [1.54, 1.807) is 22.8 Å². The summed E-state index contributed by atoms with van der Waals surface area (Å²) in [6.07, 6.45) is 0. The first-order valence-corrected chi connectivity index (χ1v) is 10.5. The maximum absolute atomic E-state index is 13.4. The van der Waals surface area contributed by atoms with Crippen molar-refractivity contribution in [2.45, 2.75) is 31.8 Å². The van der Waals surface area contributed by atoms with Crippen LogP contribution in [0, 0.1) is 0 Å². The zero-order valence-corrected chi connectivity index (χ0v) is 17.6.